The average Bonchev–Trinajstić information content (AvgIpc) is 3.16. The summed E-state index contributed by atoms with van der Waals surface area (Å²) in [5.74, 6) is 0.0336. The molecular formula is C16H21N3O5S. The lowest BCUT2D eigenvalue weighted by Gasteiger charge is -2.32. The SMILES string of the molecule is O=C(C1CCN(S(=O)(=O)c2ccc([N+](=O)[O-])cc2)CC1)N1CCCC1. The van der Waals surface area contributed by atoms with E-state index in [0.29, 0.717) is 25.9 Å². The minimum Gasteiger partial charge on any atom is -0.342 e. The molecule has 2 fully saturated rings. The van der Waals surface area contributed by atoms with Crippen molar-refractivity contribution in [1.29, 1.82) is 0 Å². The van der Waals surface area contributed by atoms with Gasteiger partial charge in [0, 0.05) is 44.2 Å². The smallest absolute Gasteiger partial charge is 0.269 e. The quantitative estimate of drug-likeness (QED) is 0.594. The van der Waals surface area contributed by atoms with Crippen molar-refractivity contribution >= 4 is 21.6 Å². The summed E-state index contributed by atoms with van der Waals surface area (Å²) in [6.07, 6.45) is 3.11. The number of nitro groups is 1. The highest BCUT2D eigenvalue weighted by Crippen LogP contribution is 2.27. The predicted molar refractivity (Wildman–Crippen MR) is 90.4 cm³/mol. The molecule has 0 bridgehead atoms. The Labute approximate surface area is 146 Å². The summed E-state index contributed by atoms with van der Waals surface area (Å²) in [5.41, 5.74) is -0.145. The third-order valence-electron chi connectivity index (χ3n) is 4.91. The Bertz CT molecular complexity index is 748. The monoisotopic (exact) mass is 367 g/mol. The first-order valence-electron chi connectivity index (χ1n) is 8.43. The summed E-state index contributed by atoms with van der Waals surface area (Å²) in [5, 5.41) is 10.7. The summed E-state index contributed by atoms with van der Waals surface area (Å²) in [4.78, 5) is 24.5. The van der Waals surface area contributed by atoms with Crippen molar-refractivity contribution in [3.05, 3.63) is 34.4 Å². The maximum absolute atomic E-state index is 12.7. The fourth-order valence-corrected chi connectivity index (χ4v) is 4.90. The lowest BCUT2D eigenvalue weighted by Crippen LogP contribution is -2.43. The second kappa shape index (κ2) is 7.09. The van der Waals surface area contributed by atoms with Gasteiger partial charge in [-0.25, -0.2) is 8.42 Å². The third-order valence-corrected chi connectivity index (χ3v) is 6.82. The molecule has 1 aromatic carbocycles. The predicted octanol–water partition coefficient (Wildman–Crippen LogP) is 1.62. The standard InChI is InChI=1S/C16H21N3O5S/c20-16(17-9-1-2-10-17)13-7-11-18(12-8-13)25(23,24)15-5-3-14(4-6-15)19(21)22/h3-6,13H,1-2,7-12H2. The molecule has 0 unspecified atom stereocenters. The molecule has 2 aliphatic rings. The number of likely N-dealkylation sites (tertiary alicyclic amines) is 1. The Morgan fingerprint density at radius 1 is 1.04 bits per heavy atom. The normalized spacial score (nSPS) is 19.9. The highest BCUT2D eigenvalue weighted by atomic mass is 32.2. The second-order valence-corrected chi connectivity index (χ2v) is 8.40. The van der Waals surface area contributed by atoms with Gasteiger partial charge in [0.15, 0.2) is 0 Å². The Balaban J connectivity index is 1.64. The van der Waals surface area contributed by atoms with Crippen LogP contribution >= 0.6 is 0 Å². The van der Waals surface area contributed by atoms with Crippen molar-refractivity contribution in [3.63, 3.8) is 0 Å². The zero-order chi connectivity index (χ0) is 18.0. The number of nitrogens with zero attached hydrogens (tertiary/aromatic N) is 3. The van der Waals surface area contributed by atoms with E-state index in [9.17, 15) is 23.3 Å². The van der Waals surface area contributed by atoms with Crippen molar-refractivity contribution in [2.45, 2.75) is 30.6 Å². The van der Waals surface area contributed by atoms with Crippen LogP contribution in [0.1, 0.15) is 25.7 Å². The number of nitro benzene ring substituents is 1. The Kier molecular flexibility index (Phi) is 5.05. The molecule has 0 radical (unpaired) electrons. The lowest BCUT2D eigenvalue weighted by molar-refractivity contribution is -0.384. The number of carbonyl (C=O) groups is 1. The Hall–Kier alpha value is -2.00. The van der Waals surface area contributed by atoms with Crippen LogP contribution in [0.4, 0.5) is 5.69 Å². The van der Waals surface area contributed by atoms with E-state index in [0.717, 1.165) is 25.9 Å². The van der Waals surface area contributed by atoms with Gasteiger partial charge >= 0.3 is 0 Å². The first kappa shape index (κ1) is 17.8. The lowest BCUT2D eigenvalue weighted by atomic mass is 9.97. The molecule has 1 amide bonds. The molecule has 0 atom stereocenters. The van der Waals surface area contributed by atoms with Crippen molar-refractivity contribution in [2.24, 2.45) is 5.92 Å². The third kappa shape index (κ3) is 3.67. The van der Waals surface area contributed by atoms with Gasteiger partial charge < -0.3 is 4.90 Å². The van der Waals surface area contributed by atoms with E-state index in [1.165, 1.54) is 28.6 Å². The second-order valence-electron chi connectivity index (χ2n) is 6.46. The number of hydrogen-bond acceptors (Lipinski definition) is 5. The minimum atomic E-state index is -3.69. The molecule has 2 aliphatic heterocycles. The van der Waals surface area contributed by atoms with E-state index in [-0.39, 0.29) is 22.4 Å². The van der Waals surface area contributed by atoms with Crippen LogP contribution in [0.5, 0.6) is 0 Å². The maximum atomic E-state index is 12.7. The average molecular weight is 367 g/mol. The molecule has 9 heteroatoms. The van der Waals surface area contributed by atoms with E-state index in [1.807, 2.05) is 4.90 Å². The van der Waals surface area contributed by atoms with Gasteiger partial charge in [-0.05, 0) is 37.8 Å². The van der Waals surface area contributed by atoms with Crippen LogP contribution in [0.15, 0.2) is 29.2 Å². The van der Waals surface area contributed by atoms with Gasteiger partial charge in [0.1, 0.15) is 0 Å². The topological polar surface area (TPSA) is 101 Å². The van der Waals surface area contributed by atoms with E-state index in [1.54, 1.807) is 0 Å². The van der Waals surface area contributed by atoms with Crippen LogP contribution in [-0.4, -0.2) is 54.6 Å². The number of piperidine rings is 1. The van der Waals surface area contributed by atoms with Crippen LogP contribution < -0.4 is 0 Å². The number of carbonyl (C=O) groups excluding carboxylic acids is 1. The Morgan fingerprint density at radius 2 is 1.60 bits per heavy atom. The number of non-ortho nitro benzene ring substituents is 1. The van der Waals surface area contributed by atoms with Gasteiger partial charge in [0.25, 0.3) is 5.69 Å². The van der Waals surface area contributed by atoms with E-state index in [4.69, 9.17) is 0 Å². The molecule has 2 saturated heterocycles. The molecule has 2 heterocycles. The first-order chi connectivity index (χ1) is 11.9. The van der Waals surface area contributed by atoms with Crippen molar-refractivity contribution in [3.8, 4) is 0 Å². The number of benzene rings is 1. The molecule has 0 aromatic heterocycles. The largest absolute Gasteiger partial charge is 0.342 e. The van der Waals surface area contributed by atoms with E-state index < -0.39 is 14.9 Å². The van der Waals surface area contributed by atoms with Crippen molar-refractivity contribution < 1.29 is 18.1 Å². The summed E-state index contributed by atoms with van der Waals surface area (Å²) < 4.78 is 26.7. The number of sulfonamides is 1. The van der Waals surface area contributed by atoms with Gasteiger partial charge in [0.05, 0.1) is 9.82 Å². The highest BCUT2D eigenvalue weighted by molar-refractivity contribution is 7.89. The maximum Gasteiger partial charge on any atom is 0.269 e. The van der Waals surface area contributed by atoms with Crippen LogP contribution in [0.25, 0.3) is 0 Å². The van der Waals surface area contributed by atoms with Crippen LogP contribution in [0.2, 0.25) is 0 Å². The van der Waals surface area contributed by atoms with Gasteiger partial charge in [-0.2, -0.15) is 4.31 Å². The molecule has 1 aromatic rings. The Morgan fingerprint density at radius 3 is 2.12 bits per heavy atom. The molecule has 25 heavy (non-hydrogen) atoms. The zero-order valence-corrected chi connectivity index (χ0v) is 14.7. The molecule has 8 nitrogen and oxygen atoms in total. The van der Waals surface area contributed by atoms with Gasteiger partial charge in [-0.15, -0.1) is 0 Å². The molecule has 0 N–H and O–H groups in total. The minimum absolute atomic E-state index is 0.0439. The van der Waals surface area contributed by atoms with E-state index in [2.05, 4.69) is 0 Å². The molecule has 3 rings (SSSR count). The van der Waals surface area contributed by atoms with Gasteiger partial charge in [-0.1, -0.05) is 0 Å². The molecular weight excluding hydrogens is 346 g/mol. The molecule has 0 aliphatic carbocycles. The first-order valence-corrected chi connectivity index (χ1v) is 9.87. The summed E-state index contributed by atoms with van der Waals surface area (Å²) >= 11 is 0. The number of hydrogen-bond donors (Lipinski definition) is 0. The van der Waals surface area contributed by atoms with Gasteiger partial charge in [0.2, 0.25) is 15.9 Å². The summed E-state index contributed by atoms with van der Waals surface area (Å²) in [7, 11) is -3.69. The van der Waals surface area contributed by atoms with Crippen molar-refractivity contribution in [1.82, 2.24) is 9.21 Å². The fourth-order valence-electron chi connectivity index (χ4n) is 3.43. The van der Waals surface area contributed by atoms with Gasteiger partial charge in [-0.3, -0.25) is 14.9 Å². The number of amides is 1. The van der Waals surface area contributed by atoms with Crippen LogP contribution in [-0.2, 0) is 14.8 Å². The van der Waals surface area contributed by atoms with Crippen LogP contribution in [0, 0.1) is 16.0 Å². The highest BCUT2D eigenvalue weighted by Gasteiger charge is 2.34. The van der Waals surface area contributed by atoms with Crippen LogP contribution in [0.3, 0.4) is 0 Å². The molecule has 0 spiro atoms. The van der Waals surface area contributed by atoms with E-state index >= 15 is 0 Å². The molecule has 0 saturated carbocycles. The van der Waals surface area contributed by atoms with Crippen molar-refractivity contribution in [2.75, 3.05) is 26.2 Å². The zero-order valence-electron chi connectivity index (χ0n) is 13.8. The summed E-state index contributed by atoms with van der Waals surface area (Å²) in [6.45, 7) is 2.20. The fraction of sp³-hybridized carbons (Fsp3) is 0.562. The number of rotatable bonds is 4. The molecule has 136 valence electrons. The summed E-state index contributed by atoms with van der Waals surface area (Å²) in [6, 6.07) is 4.90.